The molecule has 1 heterocycles. The Labute approximate surface area is 106 Å². The summed E-state index contributed by atoms with van der Waals surface area (Å²) in [5.74, 6) is -0.264. The summed E-state index contributed by atoms with van der Waals surface area (Å²) >= 11 is 0. The molecule has 0 aliphatic carbocycles. The van der Waals surface area contributed by atoms with Crippen molar-refractivity contribution in [3.63, 3.8) is 0 Å². The smallest absolute Gasteiger partial charge is 0.253 e. The molecule has 2 rings (SSSR count). The predicted molar refractivity (Wildman–Crippen MR) is 69.4 cm³/mol. The molecule has 1 aromatic rings. The standard InChI is InChI=1S/C13H17N3O2/c1-8(14)12(17)15-10-4-3-9-5-6-16(2)13(18)11(9)7-10/h3-4,7-8H,5-6,14H2,1-2H3,(H,15,17)/t8-/m1/s1. The zero-order valence-corrected chi connectivity index (χ0v) is 10.6. The highest BCUT2D eigenvalue weighted by Gasteiger charge is 2.21. The lowest BCUT2D eigenvalue weighted by atomic mass is 9.98. The molecule has 1 aliphatic heterocycles. The zero-order chi connectivity index (χ0) is 13.3. The van der Waals surface area contributed by atoms with Gasteiger partial charge in [0.1, 0.15) is 0 Å². The average molecular weight is 247 g/mol. The van der Waals surface area contributed by atoms with Crippen molar-refractivity contribution in [1.29, 1.82) is 0 Å². The van der Waals surface area contributed by atoms with Gasteiger partial charge in [0.2, 0.25) is 5.91 Å². The number of amides is 2. The number of nitrogens with one attached hydrogen (secondary N) is 1. The van der Waals surface area contributed by atoms with Crippen molar-refractivity contribution in [3.8, 4) is 0 Å². The maximum atomic E-state index is 12.0. The molecule has 18 heavy (non-hydrogen) atoms. The van der Waals surface area contributed by atoms with Gasteiger partial charge < -0.3 is 16.0 Å². The normalized spacial score (nSPS) is 16.2. The van der Waals surface area contributed by atoms with Gasteiger partial charge in [-0.25, -0.2) is 0 Å². The van der Waals surface area contributed by atoms with Crippen LogP contribution in [0.25, 0.3) is 0 Å². The number of carbonyl (C=O) groups is 2. The van der Waals surface area contributed by atoms with Gasteiger partial charge in [-0.3, -0.25) is 9.59 Å². The minimum absolute atomic E-state index is 0.00635. The summed E-state index contributed by atoms with van der Waals surface area (Å²) in [6.45, 7) is 2.35. The highest BCUT2D eigenvalue weighted by molar-refractivity contribution is 5.99. The van der Waals surface area contributed by atoms with E-state index < -0.39 is 6.04 Å². The number of rotatable bonds is 2. The second-order valence-corrected chi connectivity index (χ2v) is 4.63. The molecular formula is C13H17N3O2. The Kier molecular flexibility index (Phi) is 3.34. The Morgan fingerprint density at radius 3 is 2.89 bits per heavy atom. The molecule has 5 nitrogen and oxygen atoms in total. The van der Waals surface area contributed by atoms with E-state index in [0.717, 1.165) is 18.5 Å². The summed E-state index contributed by atoms with van der Waals surface area (Å²) in [6.07, 6.45) is 0.846. The van der Waals surface area contributed by atoms with E-state index in [4.69, 9.17) is 5.73 Å². The summed E-state index contributed by atoms with van der Waals surface area (Å²) in [6, 6.07) is 4.84. The van der Waals surface area contributed by atoms with Gasteiger partial charge in [-0.1, -0.05) is 6.07 Å². The third-order valence-corrected chi connectivity index (χ3v) is 3.08. The van der Waals surface area contributed by atoms with Crippen LogP contribution in [0.3, 0.4) is 0 Å². The largest absolute Gasteiger partial charge is 0.341 e. The third-order valence-electron chi connectivity index (χ3n) is 3.08. The van der Waals surface area contributed by atoms with Crippen molar-refractivity contribution in [2.45, 2.75) is 19.4 Å². The number of benzene rings is 1. The van der Waals surface area contributed by atoms with E-state index in [9.17, 15) is 9.59 Å². The maximum Gasteiger partial charge on any atom is 0.253 e. The first-order chi connectivity index (χ1) is 8.49. The number of carbonyl (C=O) groups excluding carboxylic acids is 2. The second kappa shape index (κ2) is 4.78. The van der Waals surface area contributed by atoms with Crippen LogP contribution in [-0.2, 0) is 11.2 Å². The number of fused-ring (bicyclic) bond motifs is 1. The third kappa shape index (κ3) is 2.36. The molecule has 3 N–H and O–H groups in total. The lowest BCUT2D eigenvalue weighted by molar-refractivity contribution is -0.117. The summed E-state index contributed by atoms with van der Waals surface area (Å²) in [5.41, 5.74) is 7.78. The van der Waals surface area contributed by atoms with Crippen LogP contribution in [0.5, 0.6) is 0 Å². The predicted octanol–water partition coefficient (Wildman–Crippen LogP) is 0.600. The summed E-state index contributed by atoms with van der Waals surface area (Å²) in [7, 11) is 1.78. The van der Waals surface area contributed by atoms with Gasteiger partial charge in [0.05, 0.1) is 6.04 Å². The second-order valence-electron chi connectivity index (χ2n) is 4.63. The van der Waals surface area contributed by atoms with E-state index in [1.165, 1.54) is 0 Å². The van der Waals surface area contributed by atoms with Crippen LogP contribution in [0.1, 0.15) is 22.8 Å². The molecule has 0 radical (unpaired) electrons. The van der Waals surface area contributed by atoms with E-state index >= 15 is 0 Å². The van der Waals surface area contributed by atoms with Crippen LogP contribution in [0.4, 0.5) is 5.69 Å². The molecule has 1 aromatic carbocycles. The number of nitrogens with two attached hydrogens (primary N) is 1. The molecule has 1 aliphatic rings. The molecule has 0 bridgehead atoms. The molecule has 1 atom stereocenters. The van der Waals surface area contributed by atoms with Gasteiger partial charge >= 0.3 is 0 Å². The van der Waals surface area contributed by atoms with Crippen LogP contribution < -0.4 is 11.1 Å². The molecule has 2 amide bonds. The van der Waals surface area contributed by atoms with E-state index in [0.29, 0.717) is 11.3 Å². The molecule has 0 saturated heterocycles. The molecular weight excluding hydrogens is 230 g/mol. The monoisotopic (exact) mass is 247 g/mol. The van der Waals surface area contributed by atoms with Crippen molar-refractivity contribution in [2.75, 3.05) is 18.9 Å². The Morgan fingerprint density at radius 1 is 1.50 bits per heavy atom. The fraction of sp³-hybridized carbons (Fsp3) is 0.385. The molecule has 0 saturated carbocycles. The quantitative estimate of drug-likeness (QED) is 0.803. The highest BCUT2D eigenvalue weighted by Crippen LogP contribution is 2.22. The lowest BCUT2D eigenvalue weighted by Gasteiger charge is -2.25. The van der Waals surface area contributed by atoms with E-state index in [2.05, 4.69) is 5.32 Å². The van der Waals surface area contributed by atoms with Gasteiger partial charge in [-0.15, -0.1) is 0 Å². The SMILES string of the molecule is C[C@@H](N)C(=O)Nc1ccc2c(c1)C(=O)N(C)CC2. The van der Waals surface area contributed by atoms with Crippen LogP contribution >= 0.6 is 0 Å². The number of anilines is 1. The number of likely N-dealkylation sites (N-methyl/N-ethyl adjacent to an activating group) is 1. The van der Waals surface area contributed by atoms with Gasteiger partial charge in [-0.2, -0.15) is 0 Å². The van der Waals surface area contributed by atoms with E-state index in [-0.39, 0.29) is 11.8 Å². The summed E-state index contributed by atoms with van der Waals surface area (Å²) in [5, 5.41) is 2.69. The van der Waals surface area contributed by atoms with Gasteiger partial charge in [0, 0.05) is 24.8 Å². The van der Waals surface area contributed by atoms with Crippen molar-refractivity contribution in [1.82, 2.24) is 4.90 Å². The topological polar surface area (TPSA) is 75.4 Å². The van der Waals surface area contributed by atoms with E-state index in [1.54, 1.807) is 31.0 Å². The summed E-state index contributed by atoms with van der Waals surface area (Å²) in [4.78, 5) is 25.2. The first-order valence-electron chi connectivity index (χ1n) is 5.94. The zero-order valence-electron chi connectivity index (χ0n) is 10.6. The first-order valence-corrected chi connectivity index (χ1v) is 5.94. The first kappa shape index (κ1) is 12.6. The van der Waals surface area contributed by atoms with Crippen molar-refractivity contribution in [3.05, 3.63) is 29.3 Å². The maximum absolute atomic E-state index is 12.0. The number of hydrogen-bond donors (Lipinski definition) is 2. The highest BCUT2D eigenvalue weighted by atomic mass is 16.2. The molecule has 0 fully saturated rings. The Hall–Kier alpha value is -1.88. The van der Waals surface area contributed by atoms with Crippen molar-refractivity contribution >= 4 is 17.5 Å². The van der Waals surface area contributed by atoms with Crippen LogP contribution in [0.2, 0.25) is 0 Å². The van der Waals surface area contributed by atoms with Crippen LogP contribution in [0.15, 0.2) is 18.2 Å². The number of nitrogens with zero attached hydrogens (tertiary/aromatic N) is 1. The Balaban J connectivity index is 2.26. The van der Waals surface area contributed by atoms with Crippen LogP contribution in [0, 0.1) is 0 Å². The molecule has 5 heteroatoms. The van der Waals surface area contributed by atoms with Crippen molar-refractivity contribution in [2.24, 2.45) is 5.73 Å². The van der Waals surface area contributed by atoms with Gasteiger partial charge in [-0.05, 0) is 31.0 Å². The average Bonchev–Trinajstić information content (AvgIpc) is 2.34. The van der Waals surface area contributed by atoms with Crippen molar-refractivity contribution < 1.29 is 9.59 Å². The molecule has 0 aromatic heterocycles. The lowest BCUT2D eigenvalue weighted by Crippen LogP contribution is -2.35. The fourth-order valence-corrected chi connectivity index (χ4v) is 1.92. The minimum Gasteiger partial charge on any atom is -0.341 e. The summed E-state index contributed by atoms with van der Waals surface area (Å²) < 4.78 is 0. The fourth-order valence-electron chi connectivity index (χ4n) is 1.92. The van der Waals surface area contributed by atoms with Crippen LogP contribution in [-0.4, -0.2) is 36.3 Å². The molecule has 0 unspecified atom stereocenters. The minimum atomic E-state index is -0.570. The molecule has 0 spiro atoms. The molecule has 96 valence electrons. The number of hydrogen-bond acceptors (Lipinski definition) is 3. The van der Waals surface area contributed by atoms with Gasteiger partial charge in [0.15, 0.2) is 0 Å². The van der Waals surface area contributed by atoms with E-state index in [1.807, 2.05) is 6.07 Å². The van der Waals surface area contributed by atoms with Gasteiger partial charge in [0.25, 0.3) is 5.91 Å². The Bertz CT molecular complexity index is 497. The Morgan fingerprint density at radius 2 is 2.22 bits per heavy atom.